The van der Waals surface area contributed by atoms with Crippen LogP contribution in [-0.4, -0.2) is 56.9 Å². The standard InChI is InChI=1S/C21H34N6O4S2/c1-20(2,14-12-16(28)26-30-14)6-10-24-18(32)22-8-5-9-23-19(33)25-11-7-21(3,4)15-13-17(29)27-31-15/h12-13H,5-11H2,1-4H3,(H,26,28)(H,27,29)(H2,22,24,32)(H2,23,25,33). The summed E-state index contributed by atoms with van der Waals surface area (Å²) in [6.07, 6.45) is 2.37. The number of aromatic hydroxyl groups is 2. The fourth-order valence-corrected chi connectivity index (χ4v) is 3.42. The fraction of sp³-hybridized carbons (Fsp3) is 0.619. The number of hydrogen-bond donors (Lipinski definition) is 6. The Bertz CT molecular complexity index is 840. The Kier molecular flexibility index (Phi) is 9.71. The molecule has 0 aliphatic heterocycles. The largest absolute Gasteiger partial charge is 0.491 e. The molecular formula is C21H34N6O4S2. The lowest BCUT2D eigenvalue weighted by Gasteiger charge is -2.22. The predicted octanol–water partition coefficient (Wildman–Crippen LogP) is 2.43. The van der Waals surface area contributed by atoms with Crippen molar-refractivity contribution < 1.29 is 19.3 Å². The molecule has 10 nitrogen and oxygen atoms in total. The average Bonchev–Trinajstić information content (AvgIpc) is 3.36. The molecule has 0 spiro atoms. The van der Waals surface area contributed by atoms with Crippen molar-refractivity contribution in [1.29, 1.82) is 0 Å². The predicted molar refractivity (Wildman–Crippen MR) is 133 cm³/mol. The van der Waals surface area contributed by atoms with Gasteiger partial charge in [0, 0.05) is 49.1 Å². The molecule has 0 aromatic carbocycles. The minimum absolute atomic E-state index is 0.108. The van der Waals surface area contributed by atoms with Crippen LogP contribution in [0.3, 0.4) is 0 Å². The first kappa shape index (κ1) is 26.7. The molecule has 0 aliphatic rings. The smallest absolute Gasteiger partial charge is 0.251 e. The van der Waals surface area contributed by atoms with E-state index in [9.17, 15) is 10.2 Å². The SMILES string of the molecule is CC(C)(CCNC(=S)NCCCNC(=S)NCCC(C)(C)c1cc(O)no1)c1cc(O)no1. The summed E-state index contributed by atoms with van der Waals surface area (Å²) in [7, 11) is 0. The maximum Gasteiger partial charge on any atom is 0.251 e. The van der Waals surface area contributed by atoms with Gasteiger partial charge in [-0.2, -0.15) is 0 Å². The van der Waals surface area contributed by atoms with Crippen molar-refractivity contribution in [1.82, 2.24) is 31.6 Å². The van der Waals surface area contributed by atoms with Crippen molar-refractivity contribution in [3.8, 4) is 11.8 Å². The van der Waals surface area contributed by atoms with E-state index < -0.39 is 0 Å². The molecule has 2 rings (SSSR count). The molecule has 0 saturated heterocycles. The van der Waals surface area contributed by atoms with Gasteiger partial charge >= 0.3 is 0 Å². The minimum Gasteiger partial charge on any atom is -0.491 e. The zero-order valence-corrected chi connectivity index (χ0v) is 21.2. The number of hydrogen-bond acceptors (Lipinski definition) is 8. The second-order valence-corrected chi connectivity index (χ2v) is 9.90. The van der Waals surface area contributed by atoms with Gasteiger partial charge in [0.15, 0.2) is 10.2 Å². The third kappa shape index (κ3) is 9.04. The highest BCUT2D eigenvalue weighted by Crippen LogP contribution is 2.29. The molecule has 0 amide bonds. The van der Waals surface area contributed by atoms with Gasteiger partial charge in [-0.05, 0) is 54.0 Å². The van der Waals surface area contributed by atoms with Crippen LogP contribution in [0.25, 0.3) is 0 Å². The number of rotatable bonds is 12. The number of thiocarbonyl (C=S) groups is 2. The number of aromatic nitrogens is 2. The third-order valence-corrected chi connectivity index (χ3v) is 5.90. The Morgan fingerprint density at radius 1 is 0.758 bits per heavy atom. The van der Waals surface area contributed by atoms with E-state index in [2.05, 4.69) is 31.6 Å². The minimum atomic E-state index is -0.269. The molecule has 0 fully saturated rings. The lowest BCUT2D eigenvalue weighted by atomic mass is 9.86. The molecule has 0 atom stereocenters. The van der Waals surface area contributed by atoms with Gasteiger partial charge < -0.3 is 40.5 Å². The summed E-state index contributed by atoms with van der Waals surface area (Å²) >= 11 is 10.6. The first-order chi connectivity index (χ1) is 15.5. The molecule has 2 aromatic heterocycles. The second kappa shape index (κ2) is 12.0. The van der Waals surface area contributed by atoms with E-state index in [0.717, 1.165) is 19.3 Å². The normalized spacial score (nSPS) is 11.8. The summed E-state index contributed by atoms with van der Waals surface area (Å²) in [5.41, 5.74) is -0.538. The molecular weight excluding hydrogens is 464 g/mol. The Morgan fingerprint density at radius 2 is 1.12 bits per heavy atom. The molecule has 184 valence electrons. The summed E-state index contributed by atoms with van der Waals surface area (Å²) < 4.78 is 10.3. The molecule has 0 saturated carbocycles. The highest BCUT2D eigenvalue weighted by Gasteiger charge is 2.26. The molecule has 0 unspecified atom stereocenters. The Hall–Kier alpha value is -2.60. The average molecular weight is 499 g/mol. The van der Waals surface area contributed by atoms with Gasteiger partial charge in [0.1, 0.15) is 11.5 Å². The first-order valence-electron chi connectivity index (χ1n) is 10.9. The van der Waals surface area contributed by atoms with E-state index in [4.69, 9.17) is 33.5 Å². The third-order valence-electron chi connectivity index (χ3n) is 5.33. The van der Waals surface area contributed by atoms with E-state index >= 15 is 0 Å². The van der Waals surface area contributed by atoms with Gasteiger partial charge in [0.25, 0.3) is 11.8 Å². The molecule has 0 bridgehead atoms. The number of nitrogens with zero attached hydrogens (tertiary/aromatic N) is 2. The van der Waals surface area contributed by atoms with Crippen LogP contribution in [0.2, 0.25) is 0 Å². The van der Waals surface area contributed by atoms with Crippen molar-refractivity contribution in [2.45, 2.75) is 57.8 Å². The zero-order chi connectivity index (χ0) is 24.5. The zero-order valence-electron chi connectivity index (χ0n) is 19.5. The second-order valence-electron chi connectivity index (χ2n) is 9.09. The molecule has 2 heterocycles. The van der Waals surface area contributed by atoms with E-state index in [0.29, 0.717) is 47.9 Å². The van der Waals surface area contributed by atoms with Crippen LogP contribution < -0.4 is 21.3 Å². The van der Waals surface area contributed by atoms with Gasteiger partial charge in [0.05, 0.1) is 0 Å². The maximum absolute atomic E-state index is 9.34. The van der Waals surface area contributed by atoms with Crippen molar-refractivity contribution >= 4 is 34.7 Å². The molecule has 12 heteroatoms. The van der Waals surface area contributed by atoms with Crippen LogP contribution in [0.1, 0.15) is 58.5 Å². The molecule has 0 radical (unpaired) electrons. The van der Waals surface area contributed by atoms with Gasteiger partial charge in [-0.25, -0.2) is 0 Å². The van der Waals surface area contributed by atoms with E-state index in [1.807, 2.05) is 27.7 Å². The van der Waals surface area contributed by atoms with E-state index in [1.165, 1.54) is 12.1 Å². The quantitative estimate of drug-likeness (QED) is 0.189. The fourth-order valence-electron chi connectivity index (χ4n) is 3.01. The lowest BCUT2D eigenvalue weighted by molar-refractivity contribution is 0.291. The van der Waals surface area contributed by atoms with E-state index in [1.54, 1.807) is 0 Å². The van der Waals surface area contributed by atoms with Crippen molar-refractivity contribution in [2.24, 2.45) is 0 Å². The van der Waals surface area contributed by atoms with Crippen LogP contribution in [0.4, 0.5) is 0 Å². The van der Waals surface area contributed by atoms with E-state index in [-0.39, 0.29) is 22.6 Å². The molecule has 2 aromatic rings. The van der Waals surface area contributed by atoms with Crippen molar-refractivity contribution in [3.63, 3.8) is 0 Å². The van der Waals surface area contributed by atoms with Gasteiger partial charge in [-0.1, -0.05) is 27.7 Å². The Balaban J connectivity index is 1.51. The summed E-state index contributed by atoms with van der Waals surface area (Å²) in [6, 6.07) is 3.07. The summed E-state index contributed by atoms with van der Waals surface area (Å²) in [4.78, 5) is 0. The van der Waals surface area contributed by atoms with Crippen molar-refractivity contribution in [2.75, 3.05) is 26.2 Å². The molecule has 6 N–H and O–H groups in total. The Labute approximate surface area is 204 Å². The summed E-state index contributed by atoms with van der Waals surface area (Å²) in [6.45, 7) is 10.8. The summed E-state index contributed by atoms with van der Waals surface area (Å²) in [5, 5.41) is 39.6. The number of nitrogens with one attached hydrogen (secondary N) is 4. The van der Waals surface area contributed by atoms with Gasteiger partial charge in [0.2, 0.25) is 0 Å². The van der Waals surface area contributed by atoms with Gasteiger partial charge in [-0.3, -0.25) is 0 Å². The molecule has 33 heavy (non-hydrogen) atoms. The van der Waals surface area contributed by atoms with Crippen LogP contribution in [0, 0.1) is 0 Å². The Morgan fingerprint density at radius 3 is 1.45 bits per heavy atom. The van der Waals surface area contributed by atoms with Crippen molar-refractivity contribution in [3.05, 3.63) is 23.7 Å². The first-order valence-corrected chi connectivity index (χ1v) is 11.7. The monoisotopic (exact) mass is 498 g/mol. The van der Waals surface area contributed by atoms with Crippen LogP contribution >= 0.6 is 24.4 Å². The van der Waals surface area contributed by atoms with Crippen LogP contribution in [0.15, 0.2) is 21.2 Å². The summed E-state index contributed by atoms with van der Waals surface area (Å²) in [5.74, 6) is 1.06. The lowest BCUT2D eigenvalue weighted by Crippen LogP contribution is -2.40. The topological polar surface area (TPSA) is 141 Å². The van der Waals surface area contributed by atoms with Crippen LogP contribution in [0.5, 0.6) is 11.8 Å². The highest BCUT2D eigenvalue weighted by molar-refractivity contribution is 7.80. The highest BCUT2D eigenvalue weighted by atomic mass is 32.1. The molecule has 0 aliphatic carbocycles. The van der Waals surface area contributed by atoms with Gasteiger partial charge in [-0.15, -0.1) is 0 Å². The van der Waals surface area contributed by atoms with Crippen LogP contribution in [-0.2, 0) is 10.8 Å². The maximum atomic E-state index is 9.34.